The van der Waals surface area contributed by atoms with E-state index in [0.717, 1.165) is 49.8 Å². The number of rotatable bonds is 8. The van der Waals surface area contributed by atoms with Gasteiger partial charge in [-0.3, -0.25) is 14.6 Å². The Balaban J connectivity index is 1.25. The van der Waals surface area contributed by atoms with Crippen LogP contribution in [0.25, 0.3) is 0 Å². The summed E-state index contributed by atoms with van der Waals surface area (Å²) in [5, 5.41) is 0. The number of ether oxygens (including phenoxy) is 3. The summed E-state index contributed by atoms with van der Waals surface area (Å²) in [6, 6.07) is 10.9. The van der Waals surface area contributed by atoms with Crippen LogP contribution in [0.3, 0.4) is 0 Å². The van der Waals surface area contributed by atoms with E-state index in [1.807, 2.05) is 19.1 Å². The molecule has 2 aliphatic heterocycles. The normalized spacial score (nSPS) is 16.2. The molecule has 0 saturated carbocycles. The molecule has 0 radical (unpaired) electrons. The number of piperazine rings is 1. The van der Waals surface area contributed by atoms with Crippen molar-refractivity contribution in [2.75, 3.05) is 53.2 Å². The fraction of sp³-hybridized carbons (Fsp3) is 0.458. The predicted molar refractivity (Wildman–Crippen MR) is 118 cm³/mol. The summed E-state index contributed by atoms with van der Waals surface area (Å²) in [6.07, 6.45) is 0. The zero-order valence-corrected chi connectivity index (χ0v) is 18.7. The molecule has 4 rings (SSSR count). The first kappa shape index (κ1) is 22.4. The van der Waals surface area contributed by atoms with Crippen molar-refractivity contribution in [2.45, 2.75) is 20.0 Å². The van der Waals surface area contributed by atoms with Crippen molar-refractivity contribution in [3.63, 3.8) is 0 Å². The average Bonchev–Trinajstić information content (AvgIpc) is 3.27. The third kappa shape index (κ3) is 5.31. The Labute approximate surface area is 188 Å². The van der Waals surface area contributed by atoms with Crippen LogP contribution in [-0.2, 0) is 17.9 Å². The smallest absolute Gasteiger partial charge is 0.237 e. The third-order valence-electron chi connectivity index (χ3n) is 5.99. The van der Waals surface area contributed by atoms with E-state index in [2.05, 4.69) is 15.9 Å². The molecule has 2 aromatic rings. The number of fused-ring (bicyclic) bond motifs is 1. The third-order valence-corrected chi connectivity index (χ3v) is 5.99. The van der Waals surface area contributed by atoms with Crippen LogP contribution >= 0.6 is 0 Å². The van der Waals surface area contributed by atoms with Gasteiger partial charge in [-0.15, -0.1) is 0 Å². The summed E-state index contributed by atoms with van der Waals surface area (Å²) in [7, 11) is 1.44. The molecule has 32 heavy (non-hydrogen) atoms. The highest BCUT2D eigenvalue weighted by atomic mass is 19.1. The summed E-state index contributed by atoms with van der Waals surface area (Å²) >= 11 is 0. The number of hydrogen-bond donors (Lipinski definition) is 0. The first-order valence-electron chi connectivity index (χ1n) is 11.0. The van der Waals surface area contributed by atoms with E-state index in [9.17, 15) is 9.18 Å². The molecule has 2 aromatic carbocycles. The van der Waals surface area contributed by atoms with E-state index < -0.39 is 5.82 Å². The molecule has 172 valence electrons. The van der Waals surface area contributed by atoms with Gasteiger partial charge < -0.3 is 19.1 Å². The molecule has 0 bridgehead atoms. The van der Waals surface area contributed by atoms with Crippen LogP contribution in [0, 0.1) is 5.82 Å². The number of halogens is 1. The maximum Gasteiger partial charge on any atom is 0.237 e. The van der Waals surface area contributed by atoms with Gasteiger partial charge in [0.2, 0.25) is 12.7 Å². The number of hydrogen-bond acceptors (Lipinski definition) is 6. The van der Waals surface area contributed by atoms with E-state index >= 15 is 0 Å². The highest BCUT2D eigenvalue weighted by molar-refractivity contribution is 5.78. The maximum atomic E-state index is 14.0. The van der Waals surface area contributed by atoms with Crippen LogP contribution in [-0.4, -0.2) is 73.8 Å². The lowest BCUT2D eigenvalue weighted by Crippen LogP contribution is -2.49. The molecule has 7 nitrogen and oxygen atoms in total. The molecule has 0 atom stereocenters. The average molecular weight is 444 g/mol. The van der Waals surface area contributed by atoms with Gasteiger partial charge in [0.15, 0.2) is 23.1 Å². The van der Waals surface area contributed by atoms with Gasteiger partial charge in [-0.1, -0.05) is 12.1 Å². The lowest BCUT2D eigenvalue weighted by atomic mass is 10.1. The fourth-order valence-corrected chi connectivity index (χ4v) is 4.10. The lowest BCUT2D eigenvalue weighted by Gasteiger charge is -2.35. The van der Waals surface area contributed by atoms with Crippen molar-refractivity contribution >= 4 is 5.91 Å². The minimum atomic E-state index is -0.410. The van der Waals surface area contributed by atoms with E-state index in [1.165, 1.54) is 18.7 Å². The first-order valence-corrected chi connectivity index (χ1v) is 11.0. The molecule has 0 unspecified atom stereocenters. The van der Waals surface area contributed by atoms with Crippen LogP contribution in [0.4, 0.5) is 4.39 Å². The SMILES string of the molecule is CCN(Cc1ccc(OC)c(F)c1)C(=O)CN1CCN(Cc2ccc3c(c2)OCO3)CC1. The van der Waals surface area contributed by atoms with Crippen LogP contribution in [0.2, 0.25) is 0 Å². The lowest BCUT2D eigenvalue weighted by molar-refractivity contribution is -0.133. The Bertz CT molecular complexity index is 947. The molecule has 1 fully saturated rings. The largest absolute Gasteiger partial charge is 0.494 e. The van der Waals surface area contributed by atoms with Gasteiger partial charge in [-0.2, -0.15) is 0 Å². The Kier molecular flexibility index (Phi) is 7.12. The van der Waals surface area contributed by atoms with Gasteiger partial charge in [-0.05, 0) is 42.3 Å². The van der Waals surface area contributed by atoms with Crippen molar-refractivity contribution in [3.8, 4) is 17.2 Å². The van der Waals surface area contributed by atoms with Gasteiger partial charge in [0.1, 0.15) is 0 Å². The molecular weight excluding hydrogens is 413 g/mol. The molecule has 8 heteroatoms. The van der Waals surface area contributed by atoms with Gasteiger partial charge in [-0.25, -0.2) is 4.39 Å². The number of amides is 1. The van der Waals surface area contributed by atoms with E-state index in [0.29, 0.717) is 19.6 Å². The molecule has 2 aliphatic rings. The molecule has 0 aliphatic carbocycles. The standard InChI is InChI=1S/C24H30FN3O4/c1-3-28(15-18-4-6-21(30-2)20(25)12-18)24(29)16-27-10-8-26(9-11-27)14-19-5-7-22-23(13-19)32-17-31-22/h4-7,12-13H,3,8-11,14-17H2,1-2H3. The Morgan fingerprint density at radius 3 is 2.47 bits per heavy atom. The van der Waals surface area contributed by atoms with Crippen LogP contribution < -0.4 is 14.2 Å². The van der Waals surface area contributed by atoms with Crippen molar-refractivity contribution < 1.29 is 23.4 Å². The molecule has 0 aromatic heterocycles. The second kappa shape index (κ2) is 10.2. The van der Waals surface area contributed by atoms with E-state index in [-0.39, 0.29) is 18.4 Å². The van der Waals surface area contributed by atoms with E-state index in [1.54, 1.807) is 17.0 Å². The van der Waals surface area contributed by atoms with Crippen molar-refractivity contribution in [2.24, 2.45) is 0 Å². The minimum absolute atomic E-state index is 0.0629. The zero-order chi connectivity index (χ0) is 22.5. The Hall–Kier alpha value is -2.84. The predicted octanol–water partition coefficient (Wildman–Crippen LogP) is 2.73. The Morgan fingerprint density at radius 1 is 1.03 bits per heavy atom. The quantitative estimate of drug-likeness (QED) is 0.626. The number of methoxy groups -OCH3 is 1. The van der Waals surface area contributed by atoms with Gasteiger partial charge >= 0.3 is 0 Å². The van der Waals surface area contributed by atoms with Crippen LogP contribution in [0.15, 0.2) is 36.4 Å². The van der Waals surface area contributed by atoms with Gasteiger partial charge in [0.05, 0.1) is 13.7 Å². The fourth-order valence-electron chi connectivity index (χ4n) is 4.10. The number of nitrogens with zero attached hydrogens (tertiary/aromatic N) is 3. The zero-order valence-electron chi connectivity index (χ0n) is 18.7. The number of likely N-dealkylation sites (N-methyl/N-ethyl adjacent to an activating group) is 1. The molecule has 1 amide bonds. The van der Waals surface area contributed by atoms with Crippen LogP contribution in [0.1, 0.15) is 18.1 Å². The number of benzene rings is 2. The number of carbonyl (C=O) groups excluding carboxylic acids is 1. The van der Waals surface area contributed by atoms with Crippen molar-refractivity contribution in [3.05, 3.63) is 53.3 Å². The Morgan fingerprint density at radius 2 is 1.75 bits per heavy atom. The summed E-state index contributed by atoms with van der Waals surface area (Å²) < 4.78 is 29.8. The molecule has 2 heterocycles. The topological polar surface area (TPSA) is 54.5 Å². The van der Waals surface area contributed by atoms with E-state index in [4.69, 9.17) is 14.2 Å². The van der Waals surface area contributed by atoms with Crippen molar-refractivity contribution in [1.82, 2.24) is 14.7 Å². The maximum absolute atomic E-state index is 14.0. The molecule has 0 N–H and O–H groups in total. The summed E-state index contributed by atoms with van der Waals surface area (Å²) in [5.41, 5.74) is 1.95. The highest BCUT2D eigenvalue weighted by Crippen LogP contribution is 2.32. The van der Waals surface area contributed by atoms with Crippen LogP contribution in [0.5, 0.6) is 17.2 Å². The van der Waals surface area contributed by atoms with Gasteiger partial charge in [0, 0.05) is 45.8 Å². The monoisotopic (exact) mass is 443 g/mol. The summed E-state index contributed by atoms with van der Waals surface area (Å²) in [5.74, 6) is 1.47. The molecule has 1 saturated heterocycles. The minimum Gasteiger partial charge on any atom is -0.494 e. The van der Waals surface area contributed by atoms with Gasteiger partial charge in [0.25, 0.3) is 0 Å². The first-order chi connectivity index (χ1) is 15.6. The summed E-state index contributed by atoms with van der Waals surface area (Å²) in [6.45, 7) is 7.91. The highest BCUT2D eigenvalue weighted by Gasteiger charge is 2.22. The molecule has 0 spiro atoms. The summed E-state index contributed by atoms with van der Waals surface area (Å²) in [4.78, 5) is 19.2. The second-order valence-corrected chi connectivity index (χ2v) is 8.12. The molecular formula is C24H30FN3O4. The number of carbonyl (C=O) groups is 1. The second-order valence-electron chi connectivity index (χ2n) is 8.12. The van der Waals surface area contributed by atoms with Crippen molar-refractivity contribution in [1.29, 1.82) is 0 Å².